The van der Waals surface area contributed by atoms with Gasteiger partial charge in [0.05, 0.1) is 0 Å². The molecule has 1 heteroatoms. The summed E-state index contributed by atoms with van der Waals surface area (Å²) in [4.78, 5) is 2.29. The van der Waals surface area contributed by atoms with Gasteiger partial charge in [-0.3, -0.25) is 0 Å². The van der Waals surface area contributed by atoms with Crippen molar-refractivity contribution in [1.82, 2.24) is 4.90 Å². The average Bonchev–Trinajstić information content (AvgIpc) is 2.09. The predicted octanol–water partition coefficient (Wildman–Crippen LogP) is 3.55. The first kappa shape index (κ1) is 10.4. The van der Waals surface area contributed by atoms with E-state index in [4.69, 9.17) is 0 Å². The van der Waals surface area contributed by atoms with Gasteiger partial charge in [-0.1, -0.05) is 13.8 Å². The van der Waals surface area contributed by atoms with Crippen LogP contribution in [0, 0.1) is 5.41 Å². The zero-order valence-corrected chi connectivity index (χ0v) is 9.95. The minimum absolute atomic E-state index is 0.237. The number of allylic oxidation sites excluding steroid dienone is 4. The van der Waals surface area contributed by atoms with Gasteiger partial charge in [-0.25, -0.2) is 0 Å². The molecule has 0 unspecified atom stereocenters. The van der Waals surface area contributed by atoms with Crippen LogP contribution < -0.4 is 0 Å². The standard InChI is InChI=1S/C12H21N/c1-8-10(3)13(7)11(4)9(2)12(8,5)6/h1-7H3. The molecule has 0 saturated carbocycles. The van der Waals surface area contributed by atoms with Gasteiger partial charge in [0.25, 0.3) is 0 Å². The molecule has 1 heterocycles. The summed E-state index contributed by atoms with van der Waals surface area (Å²) in [5, 5.41) is 0. The van der Waals surface area contributed by atoms with Crippen LogP contribution in [-0.2, 0) is 0 Å². The summed E-state index contributed by atoms with van der Waals surface area (Å²) in [6.07, 6.45) is 0. The molecule has 0 amide bonds. The van der Waals surface area contributed by atoms with Gasteiger partial charge in [-0.15, -0.1) is 0 Å². The van der Waals surface area contributed by atoms with Crippen LogP contribution in [0.2, 0.25) is 0 Å². The molecule has 0 aromatic heterocycles. The fourth-order valence-electron chi connectivity index (χ4n) is 1.94. The molecule has 1 nitrogen and oxygen atoms in total. The molecule has 13 heavy (non-hydrogen) atoms. The molecule has 0 atom stereocenters. The van der Waals surface area contributed by atoms with Crippen molar-refractivity contribution in [3.05, 3.63) is 22.5 Å². The van der Waals surface area contributed by atoms with Crippen molar-refractivity contribution >= 4 is 0 Å². The van der Waals surface area contributed by atoms with E-state index >= 15 is 0 Å². The van der Waals surface area contributed by atoms with Gasteiger partial charge >= 0.3 is 0 Å². The van der Waals surface area contributed by atoms with Gasteiger partial charge in [0.2, 0.25) is 0 Å². The Hall–Kier alpha value is -0.720. The van der Waals surface area contributed by atoms with Crippen molar-refractivity contribution in [2.75, 3.05) is 7.05 Å². The average molecular weight is 179 g/mol. The maximum atomic E-state index is 2.30. The van der Waals surface area contributed by atoms with Crippen molar-refractivity contribution in [2.24, 2.45) is 5.41 Å². The van der Waals surface area contributed by atoms with Crippen molar-refractivity contribution < 1.29 is 0 Å². The Labute approximate surface area is 82.1 Å². The quantitative estimate of drug-likeness (QED) is 0.549. The Morgan fingerprint density at radius 3 is 1.46 bits per heavy atom. The lowest BCUT2D eigenvalue weighted by Crippen LogP contribution is -2.30. The summed E-state index contributed by atoms with van der Waals surface area (Å²) in [5.74, 6) is 0. The molecule has 0 saturated heterocycles. The first-order chi connectivity index (χ1) is 5.80. The first-order valence-electron chi connectivity index (χ1n) is 4.89. The minimum atomic E-state index is 0.237. The van der Waals surface area contributed by atoms with Crippen LogP contribution >= 0.6 is 0 Å². The smallest absolute Gasteiger partial charge is 0.0140 e. The molecule has 0 N–H and O–H groups in total. The van der Waals surface area contributed by atoms with Crippen LogP contribution in [0.25, 0.3) is 0 Å². The number of rotatable bonds is 0. The second-order valence-corrected chi connectivity index (χ2v) is 4.60. The van der Waals surface area contributed by atoms with E-state index in [-0.39, 0.29) is 5.41 Å². The van der Waals surface area contributed by atoms with Gasteiger partial charge in [0, 0.05) is 23.9 Å². The third kappa shape index (κ3) is 1.31. The van der Waals surface area contributed by atoms with E-state index in [0.29, 0.717) is 0 Å². The Morgan fingerprint density at radius 2 is 1.15 bits per heavy atom. The van der Waals surface area contributed by atoms with Gasteiger partial charge < -0.3 is 4.90 Å². The van der Waals surface area contributed by atoms with Crippen LogP contribution in [0.1, 0.15) is 41.5 Å². The van der Waals surface area contributed by atoms with E-state index in [1.807, 2.05) is 0 Å². The summed E-state index contributed by atoms with van der Waals surface area (Å²) in [5.41, 5.74) is 6.00. The minimum Gasteiger partial charge on any atom is -0.352 e. The Bertz CT molecular complexity index is 264. The van der Waals surface area contributed by atoms with Crippen molar-refractivity contribution in [3.8, 4) is 0 Å². The fourth-order valence-corrected chi connectivity index (χ4v) is 1.94. The van der Waals surface area contributed by atoms with Gasteiger partial charge in [0.1, 0.15) is 0 Å². The SMILES string of the molecule is CC1=C(C)C(C)(C)C(C)=C(C)N1C. The van der Waals surface area contributed by atoms with Crippen LogP contribution in [0.3, 0.4) is 0 Å². The topological polar surface area (TPSA) is 3.24 Å². The van der Waals surface area contributed by atoms with E-state index in [1.54, 1.807) is 0 Å². The molecule has 0 fully saturated rings. The first-order valence-corrected chi connectivity index (χ1v) is 4.89. The maximum Gasteiger partial charge on any atom is 0.0140 e. The zero-order chi connectivity index (χ0) is 10.4. The van der Waals surface area contributed by atoms with Gasteiger partial charge in [-0.2, -0.15) is 0 Å². The molecule has 0 bridgehead atoms. The molecule has 0 spiro atoms. The van der Waals surface area contributed by atoms with Crippen molar-refractivity contribution in [1.29, 1.82) is 0 Å². The van der Waals surface area contributed by atoms with Crippen molar-refractivity contribution in [3.63, 3.8) is 0 Å². The summed E-state index contributed by atoms with van der Waals surface area (Å²) < 4.78 is 0. The highest BCUT2D eigenvalue weighted by atomic mass is 15.1. The van der Waals surface area contributed by atoms with E-state index in [2.05, 4.69) is 53.5 Å². The molecule has 0 aliphatic carbocycles. The number of hydrogen-bond donors (Lipinski definition) is 0. The van der Waals surface area contributed by atoms with Crippen LogP contribution in [0.4, 0.5) is 0 Å². The third-order valence-corrected chi connectivity index (χ3v) is 3.97. The van der Waals surface area contributed by atoms with E-state index in [0.717, 1.165) is 0 Å². The molecular formula is C12H21N. The Morgan fingerprint density at radius 1 is 0.846 bits per heavy atom. The molecule has 1 aliphatic rings. The molecule has 74 valence electrons. The van der Waals surface area contributed by atoms with Gasteiger partial charge in [0.15, 0.2) is 0 Å². The molecule has 0 aromatic carbocycles. The molecule has 1 aliphatic heterocycles. The van der Waals surface area contributed by atoms with Crippen LogP contribution in [0.5, 0.6) is 0 Å². The Balaban J connectivity index is 3.30. The molecule has 0 radical (unpaired) electrons. The van der Waals surface area contributed by atoms with Crippen LogP contribution in [-0.4, -0.2) is 11.9 Å². The lowest BCUT2D eigenvalue weighted by molar-refractivity contribution is 0.406. The molecular weight excluding hydrogens is 158 g/mol. The highest BCUT2D eigenvalue weighted by Crippen LogP contribution is 2.42. The van der Waals surface area contributed by atoms with Crippen LogP contribution in [0.15, 0.2) is 22.5 Å². The highest BCUT2D eigenvalue weighted by molar-refractivity contribution is 5.36. The normalized spacial score (nSPS) is 22.8. The summed E-state index contributed by atoms with van der Waals surface area (Å²) in [7, 11) is 2.15. The summed E-state index contributed by atoms with van der Waals surface area (Å²) in [6, 6.07) is 0. The summed E-state index contributed by atoms with van der Waals surface area (Å²) in [6.45, 7) is 13.5. The Kier molecular flexibility index (Phi) is 2.31. The van der Waals surface area contributed by atoms with Crippen molar-refractivity contribution in [2.45, 2.75) is 41.5 Å². The van der Waals surface area contributed by atoms with E-state index < -0.39 is 0 Å². The monoisotopic (exact) mass is 179 g/mol. The second kappa shape index (κ2) is 2.90. The second-order valence-electron chi connectivity index (χ2n) is 4.60. The lowest BCUT2D eigenvalue weighted by Gasteiger charge is -2.40. The molecule has 0 aromatic rings. The predicted molar refractivity (Wildman–Crippen MR) is 58.3 cm³/mol. The fraction of sp³-hybridized carbons (Fsp3) is 0.667. The zero-order valence-electron chi connectivity index (χ0n) is 9.95. The molecule has 1 rings (SSSR count). The number of hydrogen-bond acceptors (Lipinski definition) is 1. The van der Waals surface area contributed by atoms with E-state index in [9.17, 15) is 0 Å². The highest BCUT2D eigenvalue weighted by Gasteiger charge is 2.31. The van der Waals surface area contributed by atoms with Gasteiger partial charge in [-0.05, 0) is 38.8 Å². The maximum absolute atomic E-state index is 2.30. The lowest BCUT2D eigenvalue weighted by atomic mass is 9.74. The largest absolute Gasteiger partial charge is 0.352 e. The third-order valence-electron chi connectivity index (χ3n) is 3.97. The van der Waals surface area contributed by atoms with E-state index in [1.165, 1.54) is 22.5 Å². The summed E-state index contributed by atoms with van der Waals surface area (Å²) >= 11 is 0. The number of nitrogens with zero attached hydrogens (tertiary/aromatic N) is 1.